The molecule has 0 unspecified atom stereocenters. The third-order valence-corrected chi connectivity index (χ3v) is 6.08. The number of carbonyl (C=O) groups excluding carboxylic acids is 4. The Hall–Kier alpha value is -3.62. The van der Waals surface area contributed by atoms with E-state index in [0.717, 1.165) is 0 Å². The van der Waals surface area contributed by atoms with Gasteiger partial charge in [0.25, 0.3) is 0 Å². The summed E-state index contributed by atoms with van der Waals surface area (Å²) in [5.74, 6) is -1.88. The van der Waals surface area contributed by atoms with E-state index < -0.39 is 38.2 Å². The highest BCUT2D eigenvalue weighted by Gasteiger charge is 2.17. The van der Waals surface area contributed by atoms with Crippen LogP contribution in [0, 0.1) is 0 Å². The second-order valence-corrected chi connectivity index (χ2v) is 16.0. The Labute approximate surface area is 233 Å². The normalized spacial score (nSPS) is 10.8. The summed E-state index contributed by atoms with van der Waals surface area (Å²) in [6.07, 6.45) is 0.0243. The van der Waals surface area contributed by atoms with Gasteiger partial charge in [-0.25, -0.2) is 19.2 Å². The van der Waals surface area contributed by atoms with E-state index in [1.807, 2.05) is 0 Å². The highest BCUT2D eigenvalue weighted by molar-refractivity contribution is 7.62. The molecule has 0 saturated heterocycles. The number of hydrogen-bond acceptors (Lipinski definition) is 12. The van der Waals surface area contributed by atoms with Crippen LogP contribution in [0.5, 0.6) is 11.5 Å². The van der Waals surface area contributed by atoms with Gasteiger partial charge in [0, 0.05) is 0 Å². The van der Waals surface area contributed by atoms with Crippen LogP contribution in [0.15, 0.2) is 36.4 Å². The molecule has 0 aromatic heterocycles. The fraction of sp³-hybridized carbons (Fsp3) is 0.385. The summed E-state index contributed by atoms with van der Waals surface area (Å²) in [7, 11) is 0.190. The molecule has 2 aromatic rings. The molecule has 40 heavy (non-hydrogen) atoms. The fourth-order valence-electron chi connectivity index (χ4n) is 2.77. The minimum Gasteiger partial charge on any atom is -0.486 e. The molecule has 0 aliphatic rings. The van der Waals surface area contributed by atoms with Gasteiger partial charge in [0.05, 0.1) is 50.7 Å². The Bertz CT molecular complexity index is 1150. The van der Waals surface area contributed by atoms with Crippen molar-refractivity contribution >= 4 is 38.2 Å². The van der Waals surface area contributed by atoms with Crippen LogP contribution in [0.2, 0.25) is 0 Å². The molecule has 0 heterocycles. The Morgan fingerprint density at radius 3 is 0.900 bits per heavy atom. The number of benzene rings is 2. The van der Waals surface area contributed by atoms with Crippen LogP contribution in [-0.4, -0.2) is 91.7 Å². The zero-order chi connectivity index (χ0) is 30.7. The first-order valence-electron chi connectivity index (χ1n) is 11.5. The monoisotopic (exact) mass is 600 g/mol. The van der Waals surface area contributed by atoms with E-state index in [2.05, 4.69) is 18.9 Å². The Morgan fingerprint density at radius 2 is 0.725 bits per heavy atom. The minimum atomic E-state index is -2.38. The second kappa shape index (κ2) is 15.2. The Balaban J connectivity index is 0.000000400. The van der Waals surface area contributed by atoms with E-state index in [4.69, 9.17) is 9.47 Å². The Morgan fingerprint density at radius 1 is 0.500 bits per heavy atom. The van der Waals surface area contributed by atoms with Gasteiger partial charge in [-0.15, -0.1) is 0 Å². The second-order valence-electron chi connectivity index (χ2n) is 9.15. The number of hydrogen-bond donors (Lipinski definition) is 0. The van der Waals surface area contributed by atoms with Crippen LogP contribution < -0.4 is 9.47 Å². The number of esters is 4. The molecule has 0 radical (unpaired) electrons. The van der Waals surface area contributed by atoms with Gasteiger partial charge in [-0.2, -0.15) is 0 Å². The predicted molar refractivity (Wildman–Crippen MR) is 148 cm³/mol. The lowest BCUT2D eigenvalue weighted by Gasteiger charge is -2.11. The van der Waals surface area contributed by atoms with Crippen molar-refractivity contribution in [3.05, 3.63) is 58.7 Å². The minimum absolute atomic E-state index is 0.0121. The quantitative estimate of drug-likeness (QED) is 0.215. The third-order valence-electron chi connectivity index (χ3n) is 4.58. The molecular weight excluding hydrogens is 566 g/mol. The SMILES string of the molecule is COC(=O)c1cc(OCP(C)(C)=O)cc(C(=O)OC)c1.COC(=O)c1cc(OCP(C)(C)=O)cc(C(=O)OC)c1. The highest BCUT2D eigenvalue weighted by Crippen LogP contribution is 2.37. The molecule has 2 rings (SSSR count). The van der Waals surface area contributed by atoms with E-state index >= 15 is 0 Å². The average molecular weight is 600 g/mol. The molecule has 0 saturated carbocycles. The molecule has 0 bridgehead atoms. The molecule has 0 aliphatic carbocycles. The van der Waals surface area contributed by atoms with Crippen molar-refractivity contribution in [1.29, 1.82) is 0 Å². The third kappa shape index (κ3) is 12.1. The van der Waals surface area contributed by atoms with Crippen LogP contribution in [0.1, 0.15) is 41.4 Å². The molecule has 220 valence electrons. The molecule has 12 nitrogen and oxygen atoms in total. The lowest BCUT2D eigenvalue weighted by molar-refractivity contribution is 0.0581. The standard InChI is InChI=1S/2C13H17O6P/c2*1-17-12(14)9-5-10(13(15)18-2)7-11(6-9)19-8-20(3,4)16/h2*5-7H,8H2,1-4H3. The zero-order valence-electron chi connectivity index (χ0n) is 23.7. The van der Waals surface area contributed by atoms with E-state index in [1.165, 1.54) is 64.8 Å². The molecule has 0 spiro atoms. The molecule has 0 fully saturated rings. The van der Waals surface area contributed by atoms with Crippen molar-refractivity contribution < 1.29 is 56.7 Å². The van der Waals surface area contributed by atoms with Crippen LogP contribution in [0.4, 0.5) is 0 Å². The number of rotatable bonds is 10. The largest absolute Gasteiger partial charge is 0.486 e. The van der Waals surface area contributed by atoms with Crippen molar-refractivity contribution in [3.63, 3.8) is 0 Å². The van der Waals surface area contributed by atoms with Gasteiger partial charge in [0.2, 0.25) is 0 Å². The van der Waals surface area contributed by atoms with Gasteiger partial charge in [0.1, 0.15) is 38.5 Å². The van der Waals surface area contributed by atoms with Crippen molar-refractivity contribution in [1.82, 2.24) is 0 Å². The number of carbonyl (C=O) groups is 4. The predicted octanol–water partition coefficient (Wildman–Crippen LogP) is 4.44. The summed E-state index contributed by atoms with van der Waals surface area (Å²) >= 11 is 0. The van der Waals surface area contributed by atoms with Gasteiger partial charge in [-0.1, -0.05) is 0 Å². The zero-order valence-corrected chi connectivity index (χ0v) is 25.5. The van der Waals surface area contributed by atoms with Crippen LogP contribution in [0.25, 0.3) is 0 Å². The van der Waals surface area contributed by atoms with Crippen molar-refractivity contribution in [3.8, 4) is 11.5 Å². The molecule has 0 N–H and O–H groups in total. The van der Waals surface area contributed by atoms with Gasteiger partial charge in [0.15, 0.2) is 0 Å². The summed E-state index contributed by atoms with van der Waals surface area (Å²) in [6.45, 7) is 6.33. The van der Waals surface area contributed by atoms with Gasteiger partial charge >= 0.3 is 23.9 Å². The van der Waals surface area contributed by atoms with E-state index in [-0.39, 0.29) is 46.4 Å². The summed E-state index contributed by atoms with van der Waals surface area (Å²) in [6, 6.07) is 8.40. The maximum Gasteiger partial charge on any atom is 0.338 e. The van der Waals surface area contributed by atoms with Crippen LogP contribution >= 0.6 is 14.3 Å². The fourth-order valence-corrected chi connectivity index (χ4v) is 3.69. The maximum atomic E-state index is 11.6. The topological polar surface area (TPSA) is 158 Å². The van der Waals surface area contributed by atoms with Crippen molar-refractivity contribution in [2.24, 2.45) is 0 Å². The van der Waals surface area contributed by atoms with Gasteiger partial charge in [-0.05, 0) is 63.1 Å². The van der Waals surface area contributed by atoms with E-state index in [1.54, 1.807) is 26.7 Å². The van der Waals surface area contributed by atoms with E-state index in [9.17, 15) is 28.3 Å². The lowest BCUT2D eigenvalue weighted by Crippen LogP contribution is -2.08. The summed E-state index contributed by atoms with van der Waals surface area (Å²) in [4.78, 5) is 46.2. The Kier molecular flexibility index (Phi) is 13.1. The van der Waals surface area contributed by atoms with Crippen molar-refractivity contribution in [2.75, 3.05) is 67.8 Å². The number of methoxy groups -OCH3 is 4. The first kappa shape index (κ1) is 34.4. The summed E-state index contributed by atoms with van der Waals surface area (Å²) < 4.78 is 52.4. The van der Waals surface area contributed by atoms with Crippen LogP contribution in [-0.2, 0) is 28.1 Å². The van der Waals surface area contributed by atoms with E-state index in [0.29, 0.717) is 0 Å². The van der Waals surface area contributed by atoms with Crippen LogP contribution in [0.3, 0.4) is 0 Å². The van der Waals surface area contributed by atoms with Gasteiger partial charge in [-0.3, -0.25) is 0 Å². The summed E-state index contributed by atoms with van der Waals surface area (Å²) in [5.41, 5.74) is 0.639. The lowest BCUT2D eigenvalue weighted by atomic mass is 10.1. The molecular formula is C26H34O12P2. The highest BCUT2D eigenvalue weighted by atomic mass is 31.2. The first-order chi connectivity index (χ1) is 18.5. The molecule has 0 atom stereocenters. The maximum absolute atomic E-state index is 11.6. The molecule has 0 aliphatic heterocycles. The number of ether oxygens (including phenoxy) is 6. The molecule has 2 aromatic carbocycles. The molecule has 14 heteroatoms. The first-order valence-corrected chi connectivity index (χ1v) is 17.1. The average Bonchev–Trinajstić information content (AvgIpc) is 2.92. The smallest absolute Gasteiger partial charge is 0.338 e. The summed E-state index contributed by atoms with van der Waals surface area (Å²) in [5, 5.41) is 0. The van der Waals surface area contributed by atoms with Crippen molar-refractivity contribution in [2.45, 2.75) is 0 Å². The molecule has 0 amide bonds. The van der Waals surface area contributed by atoms with Gasteiger partial charge < -0.3 is 37.6 Å².